The summed E-state index contributed by atoms with van der Waals surface area (Å²) in [7, 11) is 1.83. The molecule has 0 N–H and O–H groups in total. The van der Waals surface area contributed by atoms with Gasteiger partial charge in [0.05, 0.1) is 5.69 Å². The molecule has 30 heavy (non-hydrogen) atoms. The van der Waals surface area contributed by atoms with Crippen LogP contribution in [0, 0.1) is 11.7 Å². The number of hydrogen-bond acceptors (Lipinski definition) is 4. The lowest BCUT2D eigenvalue weighted by Crippen LogP contribution is -2.44. The molecule has 1 aliphatic heterocycles. The first kappa shape index (κ1) is 21.7. The summed E-state index contributed by atoms with van der Waals surface area (Å²) in [6.07, 6.45) is 3.24. The molecule has 0 spiro atoms. The van der Waals surface area contributed by atoms with Gasteiger partial charge in [-0.05, 0) is 49.6 Å². The van der Waals surface area contributed by atoms with E-state index in [-0.39, 0.29) is 23.4 Å². The van der Waals surface area contributed by atoms with Crippen LogP contribution in [-0.2, 0) is 4.79 Å². The summed E-state index contributed by atoms with van der Waals surface area (Å²) in [5.74, 6) is -0.636. The Morgan fingerprint density at radius 1 is 1.13 bits per heavy atom. The lowest BCUT2D eigenvalue weighted by molar-refractivity contribution is -0.135. The highest BCUT2D eigenvalue weighted by Gasteiger charge is 2.30. The molecule has 0 atom stereocenters. The van der Waals surface area contributed by atoms with Crippen molar-refractivity contribution in [2.45, 2.75) is 32.6 Å². The van der Waals surface area contributed by atoms with E-state index in [0.29, 0.717) is 31.6 Å². The zero-order valence-electron chi connectivity index (χ0n) is 17.4. The van der Waals surface area contributed by atoms with E-state index in [9.17, 15) is 18.8 Å². The van der Waals surface area contributed by atoms with Crippen LogP contribution in [0.1, 0.15) is 43.1 Å². The Morgan fingerprint density at radius 3 is 2.43 bits per heavy atom. The number of aromatic nitrogens is 2. The summed E-state index contributed by atoms with van der Waals surface area (Å²) < 4.78 is 14.2. The number of likely N-dealkylation sites (tertiary alicyclic amines) is 1. The molecule has 2 heterocycles. The highest BCUT2D eigenvalue weighted by molar-refractivity contribution is 5.92. The number of benzene rings is 1. The first-order valence-electron chi connectivity index (χ1n) is 10.3. The van der Waals surface area contributed by atoms with Crippen molar-refractivity contribution in [1.29, 1.82) is 0 Å². The smallest absolute Gasteiger partial charge is 0.274 e. The SMILES string of the molecule is CCCCN(C)C(=O)C1CCN(C(=O)c2ccc(=O)n(-c3ccc(F)cc3)n2)CC1. The lowest BCUT2D eigenvalue weighted by Gasteiger charge is -2.33. The summed E-state index contributed by atoms with van der Waals surface area (Å²) in [4.78, 5) is 41.1. The summed E-state index contributed by atoms with van der Waals surface area (Å²) in [6, 6.07) is 8.02. The van der Waals surface area contributed by atoms with Gasteiger partial charge >= 0.3 is 0 Å². The number of piperidine rings is 1. The van der Waals surface area contributed by atoms with Crippen LogP contribution in [0.3, 0.4) is 0 Å². The summed E-state index contributed by atoms with van der Waals surface area (Å²) >= 11 is 0. The number of unbranched alkanes of at least 4 members (excludes halogenated alkanes) is 1. The van der Waals surface area contributed by atoms with E-state index in [1.165, 1.54) is 36.4 Å². The molecule has 0 radical (unpaired) electrons. The van der Waals surface area contributed by atoms with Crippen LogP contribution in [0.15, 0.2) is 41.2 Å². The second kappa shape index (κ2) is 9.65. The summed E-state index contributed by atoms with van der Waals surface area (Å²) in [5, 5.41) is 4.18. The number of carbonyl (C=O) groups excluding carboxylic acids is 2. The number of rotatable bonds is 6. The summed E-state index contributed by atoms with van der Waals surface area (Å²) in [5.41, 5.74) is 0.122. The van der Waals surface area contributed by atoms with E-state index in [0.717, 1.165) is 24.1 Å². The minimum absolute atomic E-state index is 0.0722. The van der Waals surface area contributed by atoms with E-state index in [4.69, 9.17) is 0 Å². The highest BCUT2D eigenvalue weighted by atomic mass is 19.1. The first-order valence-corrected chi connectivity index (χ1v) is 10.3. The molecule has 1 aromatic carbocycles. The minimum atomic E-state index is -0.420. The van der Waals surface area contributed by atoms with Gasteiger partial charge in [0.25, 0.3) is 11.5 Å². The van der Waals surface area contributed by atoms with Crippen molar-refractivity contribution < 1.29 is 14.0 Å². The highest BCUT2D eigenvalue weighted by Crippen LogP contribution is 2.21. The molecule has 0 unspecified atom stereocenters. The number of carbonyl (C=O) groups is 2. The van der Waals surface area contributed by atoms with Gasteiger partial charge in [0.15, 0.2) is 0 Å². The molecule has 1 saturated heterocycles. The van der Waals surface area contributed by atoms with Crippen molar-refractivity contribution in [2.24, 2.45) is 5.92 Å². The third-order valence-electron chi connectivity index (χ3n) is 5.45. The molecule has 0 aliphatic carbocycles. The Bertz CT molecular complexity index is 950. The fourth-order valence-electron chi connectivity index (χ4n) is 3.60. The Morgan fingerprint density at radius 2 is 1.80 bits per heavy atom. The minimum Gasteiger partial charge on any atom is -0.346 e. The van der Waals surface area contributed by atoms with Crippen LogP contribution in [0.4, 0.5) is 4.39 Å². The maximum absolute atomic E-state index is 13.2. The summed E-state index contributed by atoms with van der Waals surface area (Å²) in [6.45, 7) is 3.78. The molecular formula is C22H27FN4O3. The molecule has 1 aliphatic rings. The van der Waals surface area contributed by atoms with Crippen LogP contribution in [0.25, 0.3) is 5.69 Å². The van der Waals surface area contributed by atoms with Crippen LogP contribution in [0.5, 0.6) is 0 Å². The van der Waals surface area contributed by atoms with Crippen molar-refractivity contribution in [3.63, 3.8) is 0 Å². The van der Waals surface area contributed by atoms with Crippen LogP contribution < -0.4 is 5.56 Å². The van der Waals surface area contributed by atoms with Crippen LogP contribution in [-0.4, -0.2) is 58.1 Å². The predicted octanol–water partition coefficient (Wildman–Crippen LogP) is 2.48. The number of hydrogen-bond donors (Lipinski definition) is 0. The van der Waals surface area contributed by atoms with Crippen molar-refractivity contribution in [1.82, 2.24) is 19.6 Å². The third-order valence-corrected chi connectivity index (χ3v) is 5.45. The molecule has 2 amide bonds. The fourth-order valence-corrected chi connectivity index (χ4v) is 3.60. The van der Waals surface area contributed by atoms with Gasteiger partial charge < -0.3 is 9.80 Å². The Hall–Kier alpha value is -3.03. The molecule has 7 nitrogen and oxygen atoms in total. The van der Waals surface area contributed by atoms with Crippen molar-refractivity contribution in [3.8, 4) is 5.69 Å². The van der Waals surface area contributed by atoms with E-state index < -0.39 is 11.4 Å². The molecule has 2 aromatic rings. The molecule has 8 heteroatoms. The Labute approximate surface area is 175 Å². The molecule has 0 bridgehead atoms. The Balaban J connectivity index is 1.67. The fraction of sp³-hybridized carbons (Fsp3) is 0.455. The van der Waals surface area contributed by atoms with Crippen LogP contribution >= 0.6 is 0 Å². The zero-order valence-corrected chi connectivity index (χ0v) is 17.4. The quantitative estimate of drug-likeness (QED) is 0.728. The lowest BCUT2D eigenvalue weighted by atomic mass is 9.95. The van der Waals surface area contributed by atoms with Crippen molar-refractivity contribution in [2.75, 3.05) is 26.7 Å². The van der Waals surface area contributed by atoms with Gasteiger partial charge in [0.2, 0.25) is 5.91 Å². The zero-order chi connectivity index (χ0) is 21.7. The van der Waals surface area contributed by atoms with Crippen molar-refractivity contribution in [3.05, 3.63) is 58.3 Å². The third kappa shape index (κ3) is 4.93. The molecular weight excluding hydrogens is 387 g/mol. The topological polar surface area (TPSA) is 75.5 Å². The van der Waals surface area contributed by atoms with Gasteiger partial charge in [-0.15, -0.1) is 0 Å². The monoisotopic (exact) mass is 414 g/mol. The standard InChI is InChI=1S/C22H27FN4O3/c1-3-4-13-25(2)21(29)16-11-14-26(15-12-16)22(30)19-9-10-20(28)27(24-19)18-7-5-17(23)6-8-18/h5-10,16H,3-4,11-15H2,1-2H3. The molecule has 160 valence electrons. The Kier molecular flexibility index (Phi) is 6.97. The molecule has 1 fully saturated rings. The van der Waals surface area contributed by atoms with Gasteiger partial charge in [-0.25, -0.2) is 4.39 Å². The predicted molar refractivity (Wildman–Crippen MR) is 111 cm³/mol. The van der Waals surface area contributed by atoms with Gasteiger partial charge in [-0.2, -0.15) is 9.78 Å². The van der Waals surface area contributed by atoms with E-state index in [2.05, 4.69) is 12.0 Å². The molecule has 1 aromatic heterocycles. The second-order valence-corrected chi connectivity index (χ2v) is 7.62. The number of halogens is 1. The average Bonchev–Trinajstić information content (AvgIpc) is 2.77. The number of amides is 2. The molecule has 3 rings (SSSR count). The first-order chi connectivity index (χ1) is 14.4. The van der Waals surface area contributed by atoms with Gasteiger partial charge in [-0.3, -0.25) is 14.4 Å². The van der Waals surface area contributed by atoms with Crippen LogP contribution in [0.2, 0.25) is 0 Å². The average molecular weight is 414 g/mol. The maximum atomic E-state index is 13.2. The van der Waals surface area contributed by atoms with Gasteiger partial charge in [0, 0.05) is 38.7 Å². The van der Waals surface area contributed by atoms with E-state index in [1.54, 1.807) is 9.80 Å². The van der Waals surface area contributed by atoms with E-state index in [1.807, 2.05) is 7.05 Å². The van der Waals surface area contributed by atoms with Crippen molar-refractivity contribution >= 4 is 11.8 Å². The molecule has 0 saturated carbocycles. The number of nitrogens with zero attached hydrogens (tertiary/aromatic N) is 4. The largest absolute Gasteiger partial charge is 0.346 e. The maximum Gasteiger partial charge on any atom is 0.274 e. The normalized spacial score (nSPS) is 14.6. The second-order valence-electron chi connectivity index (χ2n) is 7.62. The van der Waals surface area contributed by atoms with E-state index >= 15 is 0 Å². The van der Waals surface area contributed by atoms with Gasteiger partial charge in [-0.1, -0.05) is 13.3 Å². The van der Waals surface area contributed by atoms with Gasteiger partial charge in [0.1, 0.15) is 11.5 Å².